The van der Waals surface area contributed by atoms with Gasteiger partial charge in [0.05, 0.1) is 49.2 Å². The molecule has 0 bridgehead atoms. The van der Waals surface area contributed by atoms with Gasteiger partial charge in [0.2, 0.25) is 41.2 Å². The Hall–Kier alpha value is -7.34. The number of ether oxygens (including phenoxy) is 8. The Kier molecular flexibility index (Phi) is 19.4. The molecule has 16 atom stereocenters. The minimum atomic E-state index is -2.55. The molecule has 0 saturated carbocycles. The van der Waals surface area contributed by atoms with E-state index in [9.17, 15) is 83.7 Å². The van der Waals surface area contributed by atoms with E-state index in [1.165, 1.54) is 46.3 Å². The van der Waals surface area contributed by atoms with Gasteiger partial charge in [-0.05, 0) is 18.9 Å². The molecule has 9 rings (SSSR count). The molecular formula is C56H71N7O25. The van der Waals surface area contributed by atoms with Crippen LogP contribution in [0.4, 0.5) is 0 Å². The number of nitrogens with zero attached hydrogens (tertiary/aromatic N) is 2. The zero-order valence-corrected chi connectivity index (χ0v) is 48.3. The van der Waals surface area contributed by atoms with Crippen molar-refractivity contribution >= 4 is 58.9 Å². The molecule has 12 N–H and O–H groups in total. The summed E-state index contributed by atoms with van der Waals surface area (Å²) in [6, 6.07) is 0.653. The molecule has 5 saturated heterocycles. The van der Waals surface area contributed by atoms with Crippen LogP contribution in [0.1, 0.15) is 103 Å². The second-order valence-corrected chi connectivity index (χ2v) is 22.5. The number of benzene rings is 2. The number of imide groups is 1. The van der Waals surface area contributed by atoms with Crippen molar-refractivity contribution in [3.63, 3.8) is 0 Å². The SMILES string of the molecule is [3H]C1CC(=O)N(CC(=O)NCCC(=O)N[C@H](C(=O)N[C@@H](CO[C@@H]2O[C@H](C(=O)O)[C@@H](O)[C@H](O)[C@H]2O)C(=O)NCCNC(=O)[C@]2(O)Cc3c(O)c4c(c(O)c3[C@@H](O[C@@H]3C[C@H]5[C@H](O[C@@H]6[C@@H](OC)OCCN65)[C@H](C)O3)C2)C(=O)c2c(OC)cccc2C4=O)C(C)C)C1=O. The maximum absolute atomic E-state index is 14.4. The molecule has 5 heterocycles. The number of phenols is 2. The number of methoxy groups -OCH3 is 2. The highest BCUT2D eigenvalue weighted by Crippen LogP contribution is 2.53. The second kappa shape index (κ2) is 26.8. The molecule has 2 aromatic rings. The third-order valence-corrected chi connectivity index (χ3v) is 16.4. The Balaban J connectivity index is 0.906. The standard InChI is InChI=1S/C56H71N7O25/c1-22(2)39(61-30(64)11-12-57-31(65)20-63-32(66)9-10-33(63)67)50(76)60-26(21-84-53-46(74)44(72)45(73)48(88-53)52(77)78)49(75)58-13-14-59-55(79)56(80)18-25-36(43(71)38-37(41(25)69)40(68)24-7-6-8-28(81-4)35(24)42(38)70)29(19-56)86-34-17-27-47(23(3)85-34)87-51-54(82-5)83-16-15-62(27)51/h6-8,22-23,26-27,29,34,39,44-48,51,53-54,69,71-74,80H,9-21H2,1-5H3,(H,57,65)(H,58,75)(H,59,79)(H,60,76)(H,61,64)(H,77,78)/t23-,26-,27-,29-,34+,39-,44-,45-,46+,47+,48-,51+,53+,54-,56-/m0/s1/i9T/t9?,23-,26-,27-,29-,34+,39-,44-,45-,46+,47+,48-,51+,53+,54-,56-. The van der Waals surface area contributed by atoms with Gasteiger partial charge in [0, 0.05) is 95.9 Å². The molecule has 0 spiro atoms. The van der Waals surface area contributed by atoms with Crippen molar-refractivity contribution in [2.75, 3.05) is 60.2 Å². The summed E-state index contributed by atoms with van der Waals surface area (Å²) in [5, 5.41) is 90.0. The molecule has 0 radical (unpaired) electrons. The van der Waals surface area contributed by atoms with Gasteiger partial charge in [-0.25, -0.2) is 4.79 Å². The van der Waals surface area contributed by atoms with Gasteiger partial charge in [-0.3, -0.25) is 53.0 Å². The van der Waals surface area contributed by atoms with Crippen molar-refractivity contribution in [3.8, 4) is 17.2 Å². The smallest absolute Gasteiger partial charge is 0.335 e. The number of aliphatic hydroxyl groups is 4. The van der Waals surface area contributed by atoms with Crippen LogP contribution in [0.15, 0.2) is 18.2 Å². The highest BCUT2D eigenvalue weighted by molar-refractivity contribution is 6.31. The number of carboxylic acids is 1. The van der Waals surface area contributed by atoms with E-state index in [4.69, 9.17) is 39.3 Å². The maximum Gasteiger partial charge on any atom is 0.335 e. The minimum absolute atomic E-state index is 0.00875. The number of amides is 7. The molecule has 480 valence electrons. The Morgan fingerprint density at radius 1 is 0.841 bits per heavy atom. The zero-order chi connectivity index (χ0) is 64.7. The molecule has 1 unspecified atom stereocenters. The number of aliphatic carboxylic acids is 1. The van der Waals surface area contributed by atoms with Crippen LogP contribution in [0, 0.1) is 5.92 Å². The van der Waals surface area contributed by atoms with Crippen molar-refractivity contribution in [3.05, 3.63) is 51.6 Å². The monoisotopic (exact) mass is 1240 g/mol. The number of carbonyl (C=O) groups excluding carboxylic acids is 9. The topological polar surface area (TPSA) is 453 Å². The predicted molar refractivity (Wildman–Crippen MR) is 290 cm³/mol. The number of hydrogen-bond acceptors (Lipinski definition) is 25. The van der Waals surface area contributed by atoms with Crippen LogP contribution >= 0.6 is 0 Å². The van der Waals surface area contributed by atoms with Gasteiger partial charge in [0.25, 0.3) is 5.91 Å². The molecule has 7 amide bonds. The normalized spacial score (nSPS) is 30.8. The lowest BCUT2D eigenvalue weighted by molar-refractivity contribution is -0.294. The van der Waals surface area contributed by atoms with Crippen molar-refractivity contribution in [2.45, 2.75) is 151 Å². The summed E-state index contributed by atoms with van der Waals surface area (Å²) in [6.45, 7) is 2.64. The first kappa shape index (κ1) is 63.7. The lowest BCUT2D eigenvalue weighted by Crippen LogP contribution is -2.61. The summed E-state index contributed by atoms with van der Waals surface area (Å²) >= 11 is 0. The van der Waals surface area contributed by atoms with E-state index in [0.717, 1.165) is 0 Å². The number of hydrogen-bond donors (Lipinski definition) is 12. The van der Waals surface area contributed by atoms with E-state index < -0.39 is 225 Å². The molecule has 0 aromatic heterocycles. The number of ketones is 2. The van der Waals surface area contributed by atoms with E-state index in [2.05, 4.69) is 26.6 Å². The number of fused-ring (bicyclic) bond motifs is 6. The first-order valence-corrected chi connectivity index (χ1v) is 28.4. The largest absolute Gasteiger partial charge is 0.507 e. The Bertz CT molecular complexity index is 3150. The van der Waals surface area contributed by atoms with Gasteiger partial charge in [0.1, 0.15) is 65.9 Å². The van der Waals surface area contributed by atoms with Gasteiger partial charge < -0.3 is 100 Å². The highest BCUT2D eigenvalue weighted by Gasteiger charge is 2.56. The van der Waals surface area contributed by atoms with E-state index in [-0.39, 0.29) is 53.4 Å². The van der Waals surface area contributed by atoms with Gasteiger partial charge in [0.15, 0.2) is 37.0 Å². The third-order valence-electron chi connectivity index (χ3n) is 16.4. The molecule has 32 nitrogen and oxygen atoms in total. The molecule has 7 aliphatic rings. The molecular weight excluding hydrogens is 1170 g/mol. The summed E-state index contributed by atoms with van der Waals surface area (Å²) in [7, 11) is 2.76. The van der Waals surface area contributed by atoms with Crippen molar-refractivity contribution < 1.29 is 123 Å². The van der Waals surface area contributed by atoms with Crippen molar-refractivity contribution in [2.24, 2.45) is 5.92 Å². The Labute approximate surface area is 502 Å². The quantitative estimate of drug-likeness (QED) is 0.0257. The number of nitrogens with one attached hydrogen (secondary N) is 5. The average Bonchev–Trinajstić information content (AvgIpc) is 1.33. The summed E-state index contributed by atoms with van der Waals surface area (Å²) in [5.41, 5.74) is -4.62. The van der Waals surface area contributed by atoms with E-state index in [0.29, 0.717) is 18.1 Å². The van der Waals surface area contributed by atoms with E-state index >= 15 is 0 Å². The van der Waals surface area contributed by atoms with Crippen LogP contribution < -0.4 is 31.3 Å². The fraction of sp³-hybridized carbons (Fsp3) is 0.607. The average molecular weight is 1240 g/mol. The van der Waals surface area contributed by atoms with Gasteiger partial charge in [-0.15, -0.1) is 0 Å². The second-order valence-electron chi connectivity index (χ2n) is 22.5. The molecule has 32 heteroatoms. The fourth-order valence-electron chi connectivity index (χ4n) is 12.0. The van der Waals surface area contributed by atoms with E-state index in [1.807, 2.05) is 4.90 Å². The number of rotatable bonds is 22. The molecule has 2 aliphatic carbocycles. The number of carboxylic acid groups (broad SMARTS) is 1. The lowest BCUT2D eigenvalue weighted by atomic mass is 9.72. The van der Waals surface area contributed by atoms with Crippen LogP contribution in [0.2, 0.25) is 0 Å². The fourth-order valence-corrected chi connectivity index (χ4v) is 12.0. The minimum Gasteiger partial charge on any atom is -0.507 e. The van der Waals surface area contributed by atoms with Gasteiger partial charge >= 0.3 is 5.97 Å². The molecule has 88 heavy (non-hydrogen) atoms. The summed E-state index contributed by atoms with van der Waals surface area (Å²) in [4.78, 5) is 135. The number of aliphatic hydroxyl groups excluding tert-OH is 3. The summed E-state index contributed by atoms with van der Waals surface area (Å²) in [5.74, 6) is -12.2. The third kappa shape index (κ3) is 12.9. The Morgan fingerprint density at radius 2 is 1.57 bits per heavy atom. The van der Waals surface area contributed by atoms with Crippen molar-refractivity contribution in [1.82, 2.24) is 36.4 Å². The first-order valence-electron chi connectivity index (χ1n) is 29.0. The number of aromatic hydroxyl groups is 2. The van der Waals surface area contributed by atoms with Crippen LogP contribution in [-0.4, -0.2) is 250 Å². The van der Waals surface area contributed by atoms with Crippen LogP contribution in [0.3, 0.4) is 0 Å². The van der Waals surface area contributed by atoms with Crippen LogP contribution in [0.5, 0.6) is 17.2 Å². The number of likely N-dealkylation sites (tertiary alicyclic amines) is 1. The Morgan fingerprint density at radius 3 is 2.25 bits per heavy atom. The van der Waals surface area contributed by atoms with Crippen LogP contribution in [-0.2, 0) is 77.9 Å². The first-order chi connectivity index (χ1) is 42.2. The maximum atomic E-state index is 14.4. The lowest BCUT2D eigenvalue weighted by Gasteiger charge is -2.43. The van der Waals surface area contributed by atoms with Crippen LogP contribution in [0.25, 0.3) is 0 Å². The predicted octanol–water partition coefficient (Wildman–Crippen LogP) is -4.43. The molecule has 5 fully saturated rings. The highest BCUT2D eigenvalue weighted by atomic mass is 16.7. The number of morpholine rings is 1. The molecule has 5 aliphatic heterocycles. The van der Waals surface area contributed by atoms with Gasteiger partial charge in [-0.1, -0.05) is 26.0 Å². The van der Waals surface area contributed by atoms with Gasteiger partial charge in [-0.2, -0.15) is 0 Å². The number of phenolic OH excluding ortho intramolecular Hbond substituents is 2. The summed E-state index contributed by atoms with van der Waals surface area (Å²) in [6.07, 6.45) is -19.1. The van der Waals surface area contributed by atoms with E-state index in [1.54, 1.807) is 6.92 Å². The zero-order valence-electron chi connectivity index (χ0n) is 49.3. The van der Waals surface area contributed by atoms with Crippen molar-refractivity contribution in [1.29, 1.82) is 0 Å². The number of carbonyl (C=O) groups is 10. The summed E-state index contributed by atoms with van der Waals surface area (Å²) < 4.78 is 54.3. The molecule has 2 aromatic carbocycles.